The molecule has 0 bridgehead atoms. The van der Waals surface area contributed by atoms with Gasteiger partial charge in [0.05, 0.1) is 6.61 Å². The molecule has 0 aliphatic heterocycles. The summed E-state index contributed by atoms with van der Waals surface area (Å²) < 4.78 is 10.7. The van der Waals surface area contributed by atoms with Crippen molar-refractivity contribution in [3.05, 3.63) is 11.8 Å². The molecule has 0 saturated heterocycles. The summed E-state index contributed by atoms with van der Waals surface area (Å²) in [5.74, 6) is 2.65. The van der Waals surface area contributed by atoms with E-state index in [1.807, 2.05) is 6.07 Å². The Morgan fingerprint density at radius 2 is 2.00 bits per heavy atom. The zero-order valence-corrected chi connectivity index (χ0v) is 10.8. The number of hydrogen-bond donors (Lipinski definition) is 0. The zero-order valence-electron chi connectivity index (χ0n) is 10.8. The maximum absolute atomic E-state index is 5.51. The molecule has 3 heteroatoms. The minimum atomic E-state index is 0.366. The fourth-order valence-corrected chi connectivity index (χ4v) is 1.44. The number of ether oxygens (including phenoxy) is 1. The van der Waals surface area contributed by atoms with Crippen molar-refractivity contribution in [3.63, 3.8) is 0 Å². The second kappa shape index (κ2) is 6.56. The lowest BCUT2D eigenvalue weighted by molar-refractivity contribution is 0.264. The van der Waals surface area contributed by atoms with E-state index in [1.165, 1.54) is 12.8 Å². The van der Waals surface area contributed by atoms with E-state index in [9.17, 15) is 0 Å². The Balaban J connectivity index is 2.17. The van der Waals surface area contributed by atoms with Crippen molar-refractivity contribution in [2.45, 2.75) is 52.9 Å². The van der Waals surface area contributed by atoms with E-state index in [4.69, 9.17) is 9.26 Å². The van der Waals surface area contributed by atoms with Crippen molar-refractivity contribution < 1.29 is 9.26 Å². The van der Waals surface area contributed by atoms with Crippen molar-refractivity contribution in [1.29, 1.82) is 0 Å². The molecule has 16 heavy (non-hydrogen) atoms. The fourth-order valence-electron chi connectivity index (χ4n) is 1.44. The van der Waals surface area contributed by atoms with Gasteiger partial charge in [-0.2, -0.15) is 0 Å². The predicted octanol–water partition coefficient (Wildman–Crippen LogP) is 4.00. The lowest BCUT2D eigenvalue weighted by atomic mass is 10.1. The highest BCUT2D eigenvalue weighted by atomic mass is 16.5. The second-order valence-electron chi connectivity index (χ2n) is 4.96. The summed E-state index contributed by atoms with van der Waals surface area (Å²) in [6.45, 7) is 9.37. The van der Waals surface area contributed by atoms with Crippen LogP contribution in [0.2, 0.25) is 0 Å². The van der Waals surface area contributed by atoms with Crippen LogP contribution >= 0.6 is 0 Å². The van der Waals surface area contributed by atoms with Gasteiger partial charge in [0.1, 0.15) is 5.76 Å². The van der Waals surface area contributed by atoms with Gasteiger partial charge in [-0.1, -0.05) is 34.1 Å². The first-order valence-corrected chi connectivity index (χ1v) is 6.19. The Bertz CT molecular complexity index is 292. The van der Waals surface area contributed by atoms with Crippen LogP contribution in [0.5, 0.6) is 5.88 Å². The maximum atomic E-state index is 5.51. The Morgan fingerprint density at radius 1 is 1.25 bits per heavy atom. The van der Waals surface area contributed by atoms with Gasteiger partial charge in [0.25, 0.3) is 5.88 Å². The lowest BCUT2D eigenvalue weighted by Gasteiger charge is -2.04. The fraction of sp³-hybridized carbons (Fsp3) is 0.769. The summed E-state index contributed by atoms with van der Waals surface area (Å²) in [6, 6.07) is 1.88. The third kappa shape index (κ3) is 4.69. The van der Waals surface area contributed by atoms with Crippen LogP contribution in [-0.2, 0) is 0 Å². The van der Waals surface area contributed by atoms with E-state index in [-0.39, 0.29) is 0 Å². The first-order valence-electron chi connectivity index (χ1n) is 6.19. The van der Waals surface area contributed by atoms with E-state index in [0.717, 1.165) is 24.7 Å². The highest BCUT2D eigenvalue weighted by Gasteiger charge is 2.08. The molecule has 0 spiro atoms. The third-order valence-electron chi connectivity index (χ3n) is 2.50. The van der Waals surface area contributed by atoms with Crippen LogP contribution in [0.3, 0.4) is 0 Å². The van der Waals surface area contributed by atoms with Crippen molar-refractivity contribution in [3.8, 4) is 5.88 Å². The zero-order chi connectivity index (χ0) is 12.0. The molecule has 0 amide bonds. The first kappa shape index (κ1) is 13.1. The van der Waals surface area contributed by atoms with Gasteiger partial charge < -0.3 is 9.26 Å². The summed E-state index contributed by atoms with van der Waals surface area (Å²) in [5, 5.41) is 3.87. The Morgan fingerprint density at radius 3 is 2.56 bits per heavy atom. The summed E-state index contributed by atoms with van der Waals surface area (Å²) in [6.07, 6.45) is 3.56. The molecule has 0 atom stereocenters. The second-order valence-corrected chi connectivity index (χ2v) is 4.96. The molecule has 1 heterocycles. The summed E-state index contributed by atoms with van der Waals surface area (Å²) >= 11 is 0. The van der Waals surface area contributed by atoms with E-state index >= 15 is 0 Å². The van der Waals surface area contributed by atoms with Gasteiger partial charge in [-0.05, 0) is 23.9 Å². The summed E-state index contributed by atoms with van der Waals surface area (Å²) in [5.41, 5.74) is 0. The molecule has 3 nitrogen and oxygen atoms in total. The molecule has 0 aliphatic carbocycles. The van der Waals surface area contributed by atoms with Crippen molar-refractivity contribution >= 4 is 0 Å². The lowest BCUT2D eigenvalue weighted by Crippen LogP contribution is -1.98. The molecular weight excluding hydrogens is 202 g/mol. The van der Waals surface area contributed by atoms with Crippen molar-refractivity contribution in [2.75, 3.05) is 6.61 Å². The van der Waals surface area contributed by atoms with Gasteiger partial charge in [0.2, 0.25) is 0 Å². The largest absolute Gasteiger partial charge is 0.476 e. The Labute approximate surface area is 98.2 Å². The minimum Gasteiger partial charge on any atom is -0.476 e. The Hall–Kier alpha value is -0.990. The summed E-state index contributed by atoms with van der Waals surface area (Å²) in [4.78, 5) is 0. The molecule has 0 saturated carbocycles. The highest BCUT2D eigenvalue weighted by molar-refractivity contribution is 5.13. The first-order chi connectivity index (χ1) is 7.59. The average Bonchev–Trinajstić information content (AvgIpc) is 2.65. The molecule has 92 valence electrons. The quantitative estimate of drug-likeness (QED) is 0.658. The van der Waals surface area contributed by atoms with Gasteiger partial charge in [-0.3, -0.25) is 0 Å². The molecule has 0 aromatic carbocycles. The predicted molar refractivity (Wildman–Crippen MR) is 64.8 cm³/mol. The summed E-state index contributed by atoms with van der Waals surface area (Å²) in [7, 11) is 0. The van der Waals surface area contributed by atoms with Crippen LogP contribution in [0.1, 0.15) is 58.6 Å². The molecule has 0 aliphatic rings. The van der Waals surface area contributed by atoms with E-state index in [1.54, 1.807) is 0 Å². The van der Waals surface area contributed by atoms with Crippen LogP contribution in [0.4, 0.5) is 0 Å². The number of unbranched alkanes of at least 4 members (excludes halogenated alkanes) is 1. The molecule has 0 N–H and O–H groups in total. The molecular formula is C13H23NO2. The number of aromatic nitrogens is 1. The molecule has 0 radical (unpaired) electrons. The normalized spacial score (nSPS) is 11.4. The molecule has 0 unspecified atom stereocenters. The standard InChI is InChI=1S/C13H23NO2/c1-10(2)7-5-6-8-15-13-9-12(11(3)4)16-14-13/h9-11H,5-8H2,1-4H3. The van der Waals surface area contributed by atoms with Gasteiger partial charge in [-0.25, -0.2) is 0 Å². The number of nitrogens with zero attached hydrogens (tertiary/aromatic N) is 1. The van der Waals surface area contributed by atoms with Gasteiger partial charge >= 0.3 is 0 Å². The number of hydrogen-bond acceptors (Lipinski definition) is 3. The van der Waals surface area contributed by atoms with Gasteiger partial charge in [0, 0.05) is 12.0 Å². The topological polar surface area (TPSA) is 35.3 Å². The monoisotopic (exact) mass is 225 g/mol. The average molecular weight is 225 g/mol. The SMILES string of the molecule is CC(C)CCCCOc1cc(C(C)C)on1. The third-order valence-corrected chi connectivity index (χ3v) is 2.50. The molecule has 1 rings (SSSR count). The minimum absolute atomic E-state index is 0.366. The maximum Gasteiger partial charge on any atom is 0.254 e. The highest BCUT2D eigenvalue weighted by Crippen LogP contribution is 2.19. The van der Waals surface area contributed by atoms with E-state index in [0.29, 0.717) is 11.8 Å². The number of rotatable bonds is 7. The molecule has 1 aromatic rings. The van der Waals surface area contributed by atoms with Crippen LogP contribution < -0.4 is 4.74 Å². The van der Waals surface area contributed by atoms with Crippen LogP contribution in [0, 0.1) is 5.92 Å². The van der Waals surface area contributed by atoms with Crippen LogP contribution in [0.25, 0.3) is 0 Å². The smallest absolute Gasteiger partial charge is 0.254 e. The van der Waals surface area contributed by atoms with Crippen LogP contribution in [0.15, 0.2) is 10.6 Å². The van der Waals surface area contributed by atoms with Gasteiger partial charge in [-0.15, -0.1) is 0 Å². The van der Waals surface area contributed by atoms with Crippen molar-refractivity contribution in [2.24, 2.45) is 5.92 Å². The van der Waals surface area contributed by atoms with Gasteiger partial charge in [0.15, 0.2) is 0 Å². The van der Waals surface area contributed by atoms with E-state index in [2.05, 4.69) is 32.9 Å². The molecule has 1 aromatic heterocycles. The van der Waals surface area contributed by atoms with Crippen LogP contribution in [-0.4, -0.2) is 11.8 Å². The molecule has 0 fully saturated rings. The van der Waals surface area contributed by atoms with E-state index < -0.39 is 0 Å². The van der Waals surface area contributed by atoms with Crippen molar-refractivity contribution in [1.82, 2.24) is 5.16 Å². The Kier molecular flexibility index (Phi) is 5.36.